The molecule has 0 spiro atoms. The van der Waals surface area contributed by atoms with Crippen molar-refractivity contribution in [2.75, 3.05) is 13.1 Å². The third kappa shape index (κ3) is 2.83. The number of nitrogens with zero attached hydrogens (tertiary/aromatic N) is 1. The quantitative estimate of drug-likeness (QED) is 0.796. The molecule has 1 aromatic heterocycles. The van der Waals surface area contributed by atoms with E-state index in [1.807, 2.05) is 6.20 Å². The lowest BCUT2D eigenvalue weighted by atomic mass is 9.78. The standard InChI is InChI=1S/C20H28N2O/c1-4-10-22(11-5-2)19-9-7-17-16(14(19)3)6-8-18-20(17)15(13-23)12-21-18/h6,8,12-14,19,21H,4-5,7,9-11H2,1-3H3/t14-,19+/m1/s1. The molecule has 0 aliphatic heterocycles. The first-order chi connectivity index (χ1) is 11.2. The Labute approximate surface area is 139 Å². The second-order valence-electron chi connectivity index (χ2n) is 6.85. The summed E-state index contributed by atoms with van der Waals surface area (Å²) in [4.78, 5) is 17.3. The zero-order valence-electron chi connectivity index (χ0n) is 14.6. The summed E-state index contributed by atoms with van der Waals surface area (Å²) in [5, 5.41) is 1.15. The van der Waals surface area contributed by atoms with Gasteiger partial charge in [0.1, 0.15) is 0 Å². The van der Waals surface area contributed by atoms with E-state index >= 15 is 0 Å². The summed E-state index contributed by atoms with van der Waals surface area (Å²) in [5.74, 6) is 0.524. The fourth-order valence-corrected chi connectivity index (χ4v) is 4.40. The topological polar surface area (TPSA) is 36.1 Å². The van der Waals surface area contributed by atoms with Gasteiger partial charge < -0.3 is 4.98 Å². The number of aryl methyl sites for hydroxylation is 1. The number of nitrogens with one attached hydrogen (secondary N) is 1. The van der Waals surface area contributed by atoms with E-state index in [1.165, 1.54) is 43.5 Å². The molecule has 3 heteroatoms. The Morgan fingerprint density at radius 3 is 2.65 bits per heavy atom. The van der Waals surface area contributed by atoms with Crippen molar-refractivity contribution in [2.45, 2.75) is 58.4 Å². The highest BCUT2D eigenvalue weighted by molar-refractivity contribution is 5.99. The molecule has 3 rings (SSSR count). The molecule has 0 bridgehead atoms. The third-order valence-electron chi connectivity index (χ3n) is 5.40. The van der Waals surface area contributed by atoms with Gasteiger partial charge in [-0.1, -0.05) is 26.8 Å². The normalized spacial score (nSPS) is 20.9. The largest absolute Gasteiger partial charge is 0.360 e. The highest BCUT2D eigenvalue weighted by Gasteiger charge is 2.31. The average molecular weight is 312 g/mol. The van der Waals surface area contributed by atoms with Crippen LogP contribution in [0.4, 0.5) is 0 Å². The molecule has 0 saturated carbocycles. The summed E-state index contributed by atoms with van der Waals surface area (Å²) < 4.78 is 0. The minimum absolute atomic E-state index is 0.524. The molecule has 3 nitrogen and oxygen atoms in total. The highest BCUT2D eigenvalue weighted by Crippen LogP contribution is 2.39. The second-order valence-corrected chi connectivity index (χ2v) is 6.85. The molecule has 0 fully saturated rings. The van der Waals surface area contributed by atoms with Gasteiger partial charge in [-0.3, -0.25) is 9.69 Å². The fraction of sp³-hybridized carbons (Fsp3) is 0.550. The summed E-state index contributed by atoms with van der Waals surface area (Å²) in [6, 6.07) is 5.04. The maximum Gasteiger partial charge on any atom is 0.152 e. The number of fused-ring (bicyclic) bond motifs is 3. The molecule has 0 radical (unpaired) electrons. The molecule has 1 N–H and O–H groups in total. The van der Waals surface area contributed by atoms with Crippen molar-refractivity contribution in [3.63, 3.8) is 0 Å². The smallest absolute Gasteiger partial charge is 0.152 e. The maximum atomic E-state index is 11.4. The van der Waals surface area contributed by atoms with E-state index in [0.717, 1.165) is 29.2 Å². The Morgan fingerprint density at radius 2 is 2.00 bits per heavy atom. The predicted molar refractivity (Wildman–Crippen MR) is 96.4 cm³/mol. The van der Waals surface area contributed by atoms with Gasteiger partial charge in [-0.2, -0.15) is 0 Å². The van der Waals surface area contributed by atoms with Gasteiger partial charge in [0, 0.05) is 28.7 Å². The Balaban J connectivity index is 1.99. The first kappa shape index (κ1) is 16.3. The van der Waals surface area contributed by atoms with Crippen molar-refractivity contribution in [1.29, 1.82) is 0 Å². The number of aldehydes is 1. The van der Waals surface area contributed by atoms with Crippen LogP contribution in [0.5, 0.6) is 0 Å². The molecule has 0 saturated heterocycles. The Bertz CT molecular complexity index is 682. The van der Waals surface area contributed by atoms with Crippen molar-refractivity contribution in [3.8, 4) is 0 Å². The van der Waals surface area contributed by atoms with Gasteiger partial charge in [-0.25, -0.2) is 0 Å². The van der Waals surface area contributed by atoms with Gasteiger partial charge in [0.05, 0.1) is 0 Å². The molecule has 1 aromatic carbocycles. The van der Waals surface area contributed by atoms with Crippen LogP contribution in [0.25, 0.3) is 10.9 Å². The van der Waals surface area contributed by atoms with E-state index in [1.54, 1.807) is 0 Å². The van der Waals surface area contributed by atoms with Crippen molar-refractivity contribution in [1.82, 2.24) is 9.88 Å². The first-order valence-electron chi connectivity index (χ1n) is 9.03. The molecular weight excluding hydrogens is 284 g/mol. The molecule has 1 aliphatic carbocycles. The molecule has 0 unspecified atom stereocenters. The van der Waals surface area contributed by atoms with Gasteiger partial charge in [0.15, 0.2) is 6.29 Å². The molecule has 23 heavy (non-hydrogen) atoms. The number of aromatic nitrogens is 1. The van der Waals surface area contributed by atoms with Crippen LogP contribution in [0.3, 0.4) is 0 Å². The minimum Gasteiger partial charge on any atom is -0.360 e. The summed E-state index contributed by atoms with van der Waals surface area (Å²) in [6.07, 6.45) is 7.51. The van der Waals surface area contributed by atoms with Crippen LogP contribution in [-0.2, 0) is 6.42 Å². The van der Waals surface area contributed by atoms with Crippen LogP contribution in [0.1, 0.15) is 67.4 Å². The van der Waals surface area contributed by atoms with E-state index in [2.05, 4.69) is 42.8 Å². The number of benzene rings is 1. The minimum atomic E-state index is 0.524. The van der Waals surface area contributed by atoms with Crippen LogP contribution in [0, 0.1) is 0 Å². The molecule has 1 aliphatic rings. The van der Waals surface area contributed by atoms with Gasteiger partial charge >= 0.3 is 0 Å². The molecule has 124 valence electrons. The number of aromatic amines is 1. The summed E-state index contributed by atoms with van der Waals surface area (Å²) in [7, 11) is 0. The first-order valence-corrected chi connectivity index (χ1v) is 9.03. The molecule has 0 amide bonds. The molecule has 2 aromatic rings. The maximum absolute atomic E-state index is 11.4. The lowest BCUT2D eigenvalue weighted by molar-refractivity contribution is 0.112. The van der Waals surface area contributed by atoms with Crippen molar-refractivity contribution in [2.24, 2.45) is 0 Å². The van der Waals surface area contributed by atoms with E-state index < -0.39 is 0 Å². The van der Waals surface area contributed by atoms with Crippen molar-refractivity contribution >= 4 is 17.2 Å². The Morgan fingerprint density at radius 1 is 1.26 bits per heavy atom. The number of rotatable bonds is 6. The average Bonchev–Trinajstić information content (AvgIpc) is 2.98. The number of hydrogen-bond donors (Lipinski definition) is 1. The molecular formula is C20H28N2O. The van der Waals surface area contributed by atoms with E-state index in [9.17, 15) is 4.79 Å². The number of carbonyl (C=O) groups excluding carboxylic acids is 1. The zero-order valence-corrected chi connectivity index (χ0v) is 14.6. The van der Waals surface area contributed by atoms with Crippen LogP contribution in [-0.4, -0.2) is 35.3 Å². The van der Waals surface area contributed by atoms with Gasteiger partial charge in [-0.05, 0) is 61.9 Å². The van der Waals surface area contributed by atoms with E-state index in [4.69, 9.17) is 0 Å². The lowest BCUT2D eigenvalue weighted by Gasteiger charge is -2.40. The van der Waals surface area contributed by atoms with Gasteiger partial charge in [0.25, 0.3) is 0 Å². The SMILES string of the molecule is CCCN(CCC)[C@H]1CCc2c(ccc3[nH]cc(C=O)c23)[C@H]1C. The summed E-state index contributed by atoms with van der Waals surface area (Å²) in [5.41, 5.74) is 4.73. The Kier molecular flexibility index (Phi) is 4.86. The van der Waals surface area contributed by atoms with Gasteiger partial charge in [0.2, 0.25) is 0 Å². The van der Waals surface area contributed by atoms with Crippen molar-refractivity contribution < 1.29 is 4.79 Å². The highest BCUT2D eigenvalue weighted by atomic mass is 16.1. The third-order valence-corrected chi connectivity index (χ3v) is 5.40. The van der Waals surface area contributed by atoms with Gasteiger partial charge in [-0.15, -0.1) is 0 Å². The molecule has 2 atom stereocenters. The van der Waals surface area contributed by atoms with E-state index in [0.29, 0.717) is 12.0 Å². The molecule has 1 heterocycles. The van der Waals surface area contributed by atoms with Crippen LogP contribution in [0.15, 0.2) is 18.3 Å². The summed E-state index contributed by atoms with van der Waals surface area (Å²) >= 11 is 0. The monoisotopic (exact) mass is 312 g/mol. The number of hydrogen-bond acceptors (Lipinski definition) is 2. The summed E-state index contributed by atoms with van der Waals surface area (Å²) in [6.45, 7) is 9.27. The zero-order chi connectivity index (χ0) is 16.4. The lowest BCUT2D eigenvalue weighted by Crippen LogP contribution is -2.42. The van der Waals surface area contributed by atoms with Crippen LogP contribution in [0.2, 0.25) is 0 Å². The number of H-pyrrole nitrogens is 1. The van der Waals surface area contributed by atoms with E-state index in [-0.39, 0.29) is 0 Å². The van der Waals surface area contributed by atoms with Crippen LogP contribution >= 0.6 is 0 Å². The predicted octanol–water partition coefficient (Wildman–Crippen LogP) is 4.52. The fourth-order valence-electron chi connectivity index (χ4n) is 4.40. The van der Waals surface area contributed by atoms with Crippen molar-refractivity contribution in [3.05, 3.63) is 35.0 Å². The van der Waals surface area contributed by atoms with Crippen LogP contribution < -0.4 is 0 Å². The number of carbonyl (C=O) groups is 1. The second kappa shape index (κ2) is 6.88. The Hall–Kier alpha value is -1.61.